The Hall–Kier alpha value is -1.82. The minimum atomic E-state index is -0.418. The average Bonchev–Trinajstić information content (AvgIpc) is 2.84. The third kappa shape index (κ3) is 2.43. The normalized spacial score (nSPS) is 26.2. The Morgan fingerprint density at radius 2 is 2.15 bits per heavy atom. The molecule has 2 fully saturated rings. The average molecular weight is 276 g/mol. The van der Waals surface area contributed by atoms with Gasteiger partial charge in [-0.3, -0.25) is 15.0 Å². The molecule has 6 heteroatoms. The second-order valence-electron chi connectivity index (χ2n) is 5.67. The van der Waals surface area contributed by atoms with Gasteiger partial charge in [-0.15, -0.1) is 0 Å². The maximum Gasteiger partial charge on any atom is 0.271 e. The predicted octanol–water partition coefficient (Wildman–Crippen LogP) is 2.22. The van der Waals surface area contributed by atoms with E-state index in [4.69, 9.17) is 5.73 Å². The highest BCUT2D eigenvalue weighted by Gasteiger charge is 2.35. The summed E-state index contributed by atoms with van der Waals surface area (Å²) in [7, 11) is 0. The lowest BCUT2D eigenvalue weighted by molar-refractivity contribution is -0.384. The highest BCUT2D eigenvalue weighted by atomic mass is 16.6. The van der Waals surface area contributed by atoms with Crippen molar-refractivity contribution in [2.75, 3.05) is 24.1 Å². The number of nitrogen functional groups attached to an aromatic ring is 1. The number of nitrogens with one attached hydrogen (secondary N) is 1. The van der Waals surface area contributed by atoms with E-state index in [9.17, 15) is 10.1 Å². The third-order valence-corrected chi connectivity index (χ3v) is 4.44. The van der Waals surface area contributed by atoms with E-state index in [1.807, 2.05) is 0 Å². The van der Waals surface area contributed by atoms with Crippen molar-refractivity contribution in [3.8, 4) is 0 Å². The quantitative estimate of drug-likeness (QED) is 0.502. The maximum absolute atomic E-state index is 10.7. The minimum absolute atomic E-state index is 0.0405. The van der Waals surface area contributed by atoms with Crippen LogP contribution >= 0.6 is 0 Å². The van der Waals surface area contributed by atoms with Crippen LogP contribution in [0.1, 0.15) is 25.7 Å². The van der Waals surface area contributed by atoms with Crippen LogP contribution in [0.25, 0.3) is 0 Å². The summed E-state index contributed by atoms with van der Waals surface area (Å²) in [5.74, 6) is 0. The van der Waals surface area contributed by atoms with Crippen LogP contribution in [-0.4, -0.2) is 35.0 Å². The lowest BCUT2D eigenvalue weighted by Gasteiger charge is -2.33. The smallest absolute Gasteiger partial charge is 0.271 e. The second kappa shape index (κ2) is 5.28. The molecule has 0 aliphatic carbocycles. The Morgan fingerprint density at radius 1 is 1.30 bits per heavy atom. The highest BCUT2D eigenvalue weighted by molar-refractivity contribution is 5.69. The van der Waals surface area contributed by atoms with Gasteiger partial charge in [0.2, 0.25) is 0 Å². The molecule has 20 heavy (non-hydrogen) atoms. The Balaban J connectivity index is 1.73. The van der Waals surface area contributed by atoms with Crippen LogP contribution in [0, 0.1) is 10.1 Å². The molecule has 108 valence electrons. The third-order valence-electron chi connectivity index (χ3n) is 4.44. The first-order chi connectivity index (χ1) is 9.65. The molecule has 0 radical (unpaired) electrons. The fourth-order valence-electron chi connectivity index (χ4n) is 3.41. The Morgan fingerprint density at radius 3 is 2.90 bits per heavy atom. The van der Waals surface area contributed by atoms with Gasteiger partial charge in [-0.2, -0.15) is 0 Å². The first-order valence-corrected chi connectivity index (χ1v) is 7.19. The van der Waals surface area contributed by atoms with Gasteiger partial charge in [0, 0.05) is 30.8 Å². The number of piperidine rings is 1. The number of hydrogen-bond donors (Lipinski definition) is 2. The number of non-ortho nitro benzene ring substituents is 1. The molecule has 2 heterocycles. The Kier molecular flexibility index (Phi) is 3.48. The lowest BCUT2D eigenvalue weighted by Crippen LogP contribution is -2.41. The van der Waals surface area contributed by atoms with Gasteiger partial charge in [-0.05, 0) is 31.9 Å². The summed E-state index contributed by atoms with van der Waals surface area (Å²) in [4.78, 5) is 12.8. The Labute approximate surface area is 118 Å². The zero-order valence-electron chi connectivity index (χ0n) is 11.4. The highest BCUT2D eigenvalue weighted by Crippen LogP contribution is 2.31. The van der Waals surface area contributed by atoms with Gasteiger partial charge < -0.3 is 11.1 Å². The number of nitro benzene ring substituents is 1. The van der Waals surface area contributed by atoms with E-state index < -0.39 is 4.92 Å². The molecule has 0 bridgehead atoms. The molecule has 2 aliphatic rings. The summed E-state index contributed by atoms with van der Waals surface area (Å²) in [6, 6.07) is 5.64. The van der Waals surface area contributed by atoms with Crippen molar-refractivity contribution in [3.05, 3.63) is 28.3 Å². The number of anilines is 2. The van der Waals surface area contributed by atoms with Crippen molar-refractivity contribution in [2.24, 2.45) is 0 Å². The fraction of sp³-hybridized carbons (Fsp3) is 0.571. The van der Waals surface area contributed by atoms with Gasteiger partial charge in [-0.25, -0.2) is 0 Å². The van der Waals surface area contributed by atoms with Crippen molar-refractivity contribution in [1.29, 1.82) is 0 Å². The molecule has 6 nitrogen and oxygen atoms in total. The molecule has 1 aromatic rings. The molecule has 2 saturated heterocycles. The number of nitrogens with two attached hydrogens (primary N) is 1. The zero-order valence-corrected chi connectivity index (χ0v) is 11.4. The van der Waals surface area contributed by atoms with Crippen molar-refractivity contribution < 1.29 is 4.92 Å². The van der Waals surface area contributed by atoms with Gasteiger partial charge >= 0.3 is 0 Å². The zero-order chi connectivity index (χ0) is 14.1. The summed E-state index contributed by atoms with van der Waals surface area (Å²) in [6.45, 7) is 2.33. The minimum Gasteiger partial charge on any atom is -0.397 e. The molecule has 0 saturated carbocycles. The Bertz CT molecular complexity index is 520. The molecular weight excluding hydrogens is 256 g/mol. The molecule has 1 aromatic carbocycles. The summed E-state index contributed by atoms with van der Waals surface area (Å²) in [5, 5.41) is 14.2. The van der Waals surface area contributed by atoms with E-state index >= 15 is 0 Å². The summed E-state index contributed by atoms with van der Waals surface area (Å²) >= 11 is 0. The number of nitro groups is 1. The van der Waals surface area contributed by atoms with Crippen LogP contribution < -0.4 is 11.1 Å². The van der Waals surface area contributed by atoms with Crippen LogP contribution in [0.15, 0.2) is 18.2 Å². The molecule has 0 aromatic heterocycles. The summed E-state index contributed by atoms with van der Waals surface area (Å²) < 4.78 is 0. The molecule has 2 aliphatic heterocycles. The monoisotopic (exact) mass is 276 g/mol. The van der Waals surface area contributed by atoms with Gasteiger partial charge in [-0.1, -0.05) is 6.42 Å². The number of hydrogen-bond acceptors (Lipinski definition) is 5. The van der Waals surface area contributed by atoms with Crippen LogP contribution in [0.2, 0.25) is 0 Å². The molecule has 2 unspecified atom stereocenters. The fourth-order valence-corrected chi connectivity index (χ4v) is 3.41. The van der Waals surface area contributed by atoms with Gasteiger partial charge in [0.05, 0.1) is 16.3 Å². The van der Waals surface area contributed by atoms with Crippen LogP contribution in [0.4, 0.5) is 17.1 Å². The van der Waals surface area contributed by atoms with E-state index in [-0.39, 0.29) is 5.69 Å². The standard InChI is InChI=1S/C14H20N4O2/c15-11-9-10(18(19)20)4-5-12(11)16-13-6-8-17-7-2-1-3-14(13)17/h4-5,9,13-14,16H,1-3,6-8,15H2. The van der Waals surface area contributed by atoms with Crippen molar-refractivity contribution in [1.82, 2.24) is 4.90 Å². The number of rotatable bonds is 3. The second-order valence-corrected chi connectivity index (χ2v) is 5.67. The first kappa shape index (κ1) is 13.2. The van der Waals surface area contributed by atoms with Crippen molar-refractivity contribution in [2.45, 2.75) is 37.8 Å². The maximum atomic E-state index is 10.7. The number of benzene rings is 1. The van der Waals surface area contributed by atoms with Crippen LogP contribution in [-0.2, 0) is 0 Å². The van der Waals surface area contributed by atoms with Crippen LogP contribution in [0.3, 0.4) is 0 Å². The van der Waals surface area contributed by atoms with E-state index in [1.54, 1.807) is 6.07 Å². The summed E-state index contributed by atoms with van der Waals surface area (Å²) in [5.41, 5.74) is 7.23. The molecule has 3 rings (SSSR count). The number of nitrogens with zero attached hydrogens (tertiary/aromatic N) is 2. The van der Waals surface area contributed by atoms with E-state index in [0.717, 1.165) is 18.7 Å². The summed E-state index contributed by atoms with van der Waals surface area (Å²) in [6.07, 6.45) is 4.92. The molecule has 0 amide bonds. The van der Waals surface area contributed by atoms with E-state index in [0.29, 0.717) is 17.8 Å². The van der Waals surface area contributed by atoms with Crippen molar-refractivity contribution in [3.63, 3.8) is 0 Å². The molecule has 2 atom stereocenters. The first-order valence-electron chi connectivity index (χ1n) is 7.19. The molecule has 0 spiro atoms. The molecule has 3 N–H and O–H groups in total. The SMILES string of the molecule is Nc1cc([N+](=O)[O-])ccc1NC1CCN2CCCCC12. The van der Waals surface area contributed by atoms with Gasteiger partial charge in [0.15, 0.2) is 0 Å². The van der Waals surface area contributed by atoms with Gasteiger partial charge in [0.1, 0.15) is 0 Å². The van der Waals surface area contributed by atoms with Crippen molar-refractivity contribution >= 4 is 17.1 Å². The van der Waals surface area contributed by atoms with E-state index in [2.05, 4.69) is 10.2 Å². The topological polar surface area (TPSA) is 84.4 Å². The number of fused-ring (bicyclic) bond motifs is 1. The predicted molar refractivity (Wildman–Crippen MR) is 78.7 cm³/mol. The lowest BCUT2D eigenvalue weighted by atomic mass is 9.99. The largest absolute Gasteiger partial charge is 0.397 e. The molecular formula is C14H20N4O2. The van der Waals surface area contributed by atoms with Crippen LogP contribution in [0.5, 0.6) is 0 Å². The van der Waals surface area contributed by atoms with E-state index in [1.165, 1.54) is 37.9 Å². The van der Waals surface area contributed by atoms with Gasteiger partial charge in [0.25, 0.3) is 5.69 Å².